The number of nitrogens with zero attached hydrogens (tertiary/aromatic N) is 6. The number of nitrogens with two attached hydrogens (primary N) is 1. The third kappa shape index (κ3) is 3.99. The largest absolute Gasteiger partial charge is 0.334 e. The summed E-state index contributed by atoms with van der Waals surface area (Å²) in [5.41, 5.74) is 2.77. The summed E-state index contributed by atoms with van der Waals surface area (Å²) in [7, 11) is 0. The summed E-state index contributed by atoms with van der Waals surface area (Å²) in [6.45, 7) is 6.74. The second kappa shape index (κ2) is 8.11. The molecule has 10 heteroatoms. The number of aryl methyl sites for hydroxylation is 2. The van der Waals surface area contributed by atoms with Crippen molar-refractivity contribution < 1.29 is 4.79 Å². The number of rotatable bonds is 4. The number of amides is 1. The molecule has 1 aliphatic rings. The van der Waals surface area contributed by atoms with Crippen molar-refractivity contribution in [2.24, 2.45) is 0 Å². The van der Waals surface area contributed by atoms with Crippen LogP contribution < -0.4 is 10.7 Å². The van der Waals surface area contributed by atoms with Gasteiger partial charge in [-0.1, -0.05) is 30.8 Å². The number of aromatic nitrogens is 5. The highest BCUT2D eigenvalue weighted by molar-refractivity contribution is 8.00. The van der Waals surface area contributed by atoms with Gasteiger partial charge >= 0.3 is 0 Å². The van der Waals surface area contributed by atoms with E-state index in [1.807, 2.05) is 54.8 Å². The first-order chi connectivity index (χ1) is 13.9. The molecule has 1 aliphatic heterocycles. The summed E-state index contributed by atoms with van der Waals surface area (Å²) in [6, 6.07) is 10.0. The second-order valence-corrected chi connectivity index (χ2v) is 9.43. The van der Waals surface area contributed by atoms with Crippen LogP contribution in [-0.4, -0.2) is 48.1 Å². The fraction of sp³-hybridized carbons (Fsp3) is 0.368. The lowest BCUT2D eigenvalue weighted by Crippen LogP contribution is -2.33. The van der Waals surface area contributed by atoms with Crippen molar-refractivity contribution >= 4 is 35.1 Å². The van der Waals surface area contributed by atoms with Crippen LogP contribution in [0.3, 0.4) is 0 Å². The number of hydrogen-bond acceptors (Lipinski definition) is 7. The summed E-state index contributed by atoms with van der Waals surface area (Å²) in [6.07, 6.45) is 0.949. The molecule has 2 N–H and O–H groups in total. The van der Waals surface area contributed by atoms with Crippen LogP contribution in [0.25, 0.3) is 5.95 Å². The molecule has 2 aromatic heterocycles. The van der Waals surface area contributed by atoms with Crippen LogP contribution in [0.2, 0.25) is 0 Å². The van der Waals surface area contributed by atoms with Crippen molar-refractivity contribution in [1.29, 1.82) is 0 Å². The molecule has 0 bridgehead atoms. The van der Waals surface area contributed by atoms with Gasteiger partial charge in [-0.25, -0.2) is 9.36 Å². The molecule has 0 saturated heterocycles. The number of hydrogen-bond donors (Lipinski definition) is 1. The molecule has 3 aromatic rings. The molecule has 0 spiro atoms. The molecule has 3 heterocycles. The Labute approximate surface area is 177 Å². The van der Waals surface area contributed by atoms with Crippen LogP contribution in [0.5, 0.6) is 0 Å². The molecule has 1 amide bonds. The van der Waals surface area contributed by atoms with Crippen molar-refractivity contribution in [3.8, 4) is 5.95 Å². The van der Waals surface area contributed by atoms with Gasteiger partial charge in [-0.15, -0.1) is 22.0 Å². The zero-order valence-electron chi connectivity index (χ0n) is 16.6. The topological polar surface area (TPSA) is 94.9 Å². The predicted octanol–water partition coefficient (Wildman–Crippen LogP) is 2.80. The predicted molar refractivity (Wildman–Crippen MR) is 116 cm³/mol. The highest BCUT2D eigenvalue weighted by Crippen LogP contribution is 2.37. The van der Waals surface area contributed by atoms with Gasteiger partial charge in [0, 0.05) is 22.4 Å². The minimum Gasteiger partial charge on any atom is -0.334 e. The van der Waals surface area contributed by atoms with E-state index in [0.717, 1.165) is 28.4 Å². The summed E-state index contributed by atoms with van der Waals surface area (Å²) < 4.78 is 3.03. The Morgan fingerprint density at radius 2 is 2.10 bits per heavy atom. The van der Waals surface area contributed by atoms with Crippen molar-refractivity contribution in [2.45, 2.75) is 42.5 Å². The zero-order valence-corrected chi connectivity index (χ0v) is 18.2. The number of carbonyl (C=O) groups excluding carboxylic acids is 1. The van der Waals surface area contributed by atoms with E-state index >= 15 is 0 Å². The average Bonchev–Trinajstić information content (AvgIpc) is 3.15. The molecule has 0 fully saturated rings. The number of carbonyl (C=O) groups is 1. The second-order valence-electron chi connectivity index (χ2n) is 7.01. The van der Waals surface area contributed by atoms with Crippen molar-refractivity contribution in [1.82, 2.24) is 24.7 Å². The van der Waals surface area contributed by atoms with E-state index in [4.69, 9.17) is 5.84 Å². The Balaban J connectivity index is 1.50. The van der Waals surface area contributed by atoms with Gasteiger partial charge in [0.1, 0.15) is 0 Å². The molecule has 1 atom stereocenters. The third-order valence-electron chi connectivity index (χ3n) is 4.71. The zero-order chi connectivity index (χ0) is 20.5. The van der Waals surface area contributed by atoms with Crippen molar-refractivity contribution in [3.05, 3.63) is 41.7 Å². The van der Waals surface area contributed by atoms with E-state index in [1.165, 1.54) is 16.4 Å². The van der Waals surface area contributed by atoms with E-state index < -0.39 is 0 Å². The van der Waals surface area contributed by atoms with Crippen LogP contribution in [0.1, 0.15) is 24.7 Å². The van der Waals surface area contributed by atoms with Gasteiger partial charge in [0.05, 0.1) is 17.1 Å². The Hall–Kier alpha value is -2.46. The Kier molecular flexibility index (Phi) is 5.55. The number of para-hydroxylation sites is 1. The first kappa shape index (κ1) is 19.8. The maximum Gasteiger partial charge on any atom is 0.271 e. The molecule has 0 radical (unpaired) electrons. The van der Waals surface area contributed by atoms with Gasteiger partial charge in [-0.3, -0.25) is 4.79 Å². The molecular formula is C19H23N7OS2. The molecular weight excluding hydrogens is 406 g/mol. The number of benzene rings is 1. The van der Waals surface area contributed by atoms with Crippen molar-refractivity contribution in [3.63, 3.8) is 0 Å². The van der Waals surface area contributed by atoms with Gasteiger partial charge in [-0.05, 0) is 38.5 Å². The highest BCUT2D eigenvalue weighted by atomic mass is 32.2. The number of nitrogen functional groups attached to an aromatic ring is 1. The first-order valence-electron chi connectivity index (χ1n) is 9.37. The maximum absolute atomic E-state index is 13.0. The summed E-state index contributed by atoms with van der Waals surface area (Å²) >= 11 is 3.10. The molecule has 8 nitrogen and oxygen atoms in total. The quantitative estimate of drug-likeness (QED) is 0.503. The summed E-state index contributed by atoms with van der Waals surface area (Å²) in [5.74, 6) is 6.88. The van der Waals surface area contributed by atoms with E-state index in [-0.39, 0.29) is 11.7 Å². The Bertz CT molecular complexity index is 1050. The van der Waals surface area contributed by atoms with E-state index in [9.17, 15) is 4.79 Å². The Morgan fingerprint density at radius 3 is 2.86 bits per heavy atom. The van der Waals surface area contributed by atoms with Crippen LogP contribution in [0.15, 0.2) is 40.4 Å². The standard InChI is InChI=1S/C19H23N7OS2/c1-12-10-13(2)26(23-12)18-21-22-19(25(18)20)28-11-17(27)24-9-8-14(3)29-16-7-5-4-6-15(16)24/h4-7,10,14H,8-9,11,20H2,1-3H3. The van der Waals surface area contributed by atoms with Crippen LogP contribution >= 0.6 is 23.5 Å². The minimum absolute atomic E-state index is 0.0350. The monoisotopic (exact) mass is 429 g/mol. The van der Waals surface area contributed by atoms with E-state index in [2.05, 4.69) is 28.3 Å². The molecule has 29 heavy (non-hydrogen) atoms. The number of anilines is 1. The van der Waals surface area contributed by atoms with Gasteiger partial charge in [0.2, 0.25) is 11.1 Å². The molecule has 152 valence electrons. The first-order valence-corrected chi connectivity index (χ1v) is 11.2. The van der Waals surface area contributed by atoms with Crippen LogP contribution in [0.4, 0.5) is 5.69 Å². The third-order valence-corrected chi connectivity index (χ3v) is 6.88. The van der Waals surface area contributed by atoms with Gasteiger partial charge in [0.25, 0.3) is 5.95 Å². The summed E-state index contributed by atoms with van der Waals surface area (Å²) in [5, 5.41) is 13.6. The smallest absolute Gasteiger partial charge is 0.271 e. The van der Waals surface area contributed by atoms with Gasteiger partial charge < -0.3 is 10.7 Å². The molecule has 1 aromatic carbocycles. The van der Waals surface area contributed by atoms with Gasteiger partial charge in [-0.2, -0.15) is 5.10 Å². The fourth-order valence-electron chi connectivity index (χ4n) is 3.29. The number of fused-ring (bicyclic) bond motifs is 1. The normalized spacial score (nSPS) is 16.5. The molecule has 1 unspecified atom stereocenters. The number of thioether (sulfide) groups is 2. The lowest BCUT2D eigenvalue weighted by atomic mass is 10.2. The molecule has 4 rings (SSSR count). The van der Waals surface area contributed by atoms with E-state index in [0.29, 0.717) is 22.9 Å². The van der Waals surface area contributed by atoms with Crippen LogP contribution in [-0.2, 0) is 4.79 Å². The molecule has 0 aliphatic carbocycles. The SMILES string of the molecule is Cc1cc(C)n(-c2nnc(SCC(=O)N3CCC(C)Sc4ccccc43)n2N)n1. The van der Waals surface area contributed by atoms with Crippen molar-refractivity contribution in [2.75, 3.05) is 23.0 Å². The lowest BCUT2D eigenvalue weighted by Gasteiger charge is -2.22. The Morgan fingerprint density at radius 1 is 1.31 bits per heavy atom. The maximum atomic E-state index is 13.0. The lowest BCUT2D eigenvalue weighted by molar-refractivity contribution is -0.116. The molecule has 0 saturated carbocycles. The minimum atomic E-state index is 0.0350. The van der Waals surface area contributed by atoms with E-state index in [1.54, 1.807) is 4.68 Å². The fourth-order valence-corrected chi connectivity index (χ4v) is 5.13. The van der Waals surface area contributed by atoms with Crippen LogP contribution in [0, 0.1) is 13.8 Å². The summed E-state index contributed by atoms with van der Waals surface area (Å²) in [4.78, 5) is 16.0. The van der Waals surface area contributed by atoms with Gasteiger partial charge in [0.15, 0.2) is 0 Å². The average molecular weight is 430 g/mol. The highest BCUT2D eigenvalue weighted by Gasteiger charge is 2.25.